The molecule has 1 atom stereocenters. The van der Waals surface area contributed by atoms with Gasteiger partial charge in [-0.1, -0.05) is 36.4 Å². The lowest BCUT2D eigenvalue weighted by Gasteiger charge is -2.29. The van der Waals surface area contributed by atoms with Crippen LogP contribution in [0.15, 0.2) is 48.5 Å². The number of benzene rings is 2. The van der Waals surface area contributed by atoms with E-state index in [2.05, 4.69) is 60.5 Å². The van der Waals surface area contributed by atoms with Gasteiger partial charge in [-0.2, -0.15) is 0 Å². The van der Waals surface area contributed by atoms with Gasteiger partial charge >= 0.3 is 0 Å². The van der Waals surface area contributed by atoms with Gasteiger partial charge in [0, 0.05) is 6.54 Å². The fourth-order valence-electron chi connectivity index (χ4n) is 3.87. The topological polar surface area (TPSA) is 12.5 Å². The standard InChI is InChI=1S/C22H29NO.ClH/c1-23(15-7-10-18-8-4-3-5-9-18)17-20-12-6-11-19-16-21(24-2)13-14-22(19)20;/h3-5,8-9,13-14,16,20H,6-7,10-12,15,17H2,1-2H3;1H. The number of nitrogens with zero attached hydrogens (tertiary/aromatic N) is 1. The highest BCUT2D eigenvalue weighted by molar-refractivity contribution is 5.85. The van der Waals surface area contributed by atoms with Crippen molar-refractivity contribution in [1.82, 2.24) is 4.90 Å². The Bertz CT molecular complexity index is 644. The molecule has 1 aliphatic carbocycles. The van der Waals surface area contributed by atoms with Gasteiger partial charge in [-0.25, -0.2) is 0 Å². The molecule has 0 radical (unpaired) electrons. The average Bonchev–Trinajstić information content (AvgIpc) is 2.62. The van der Waals surface area contributed by atoms with Crippen molar-refractivity contribution in [3.8, 4) is 5.75 Å². The van der Waals surface area contributed by atoms with Crippen LogP contribution in [-0.2, 0) is 12.8 Å². The van der Waals surface area contributed by atoms with Gasteiger partial charge in [0.2, 0.25) is 0 Å². The summed E-state index contributed by atoms with van der Waals surface area (Å²) in [5, 5.41) is 0. The number of aryl methyl sites for hydroxylation is 2. The molecule has 3 rings (SSSR count). The highest BCUT2D eigenvalue weighted by atomic mass is 35.5. The lowest BCUT2D eigenvalue weighted by Crippen LogP contribution is -2.28. The van der Waals surface area contributed by atoms with E-state index >= 15 is 0 Å². The number of likely N-dealkylation sites (N-methyl/N-ethyl adjacent to an activating group) is 1. The molecule has 2 aromatic carbocycles. The van der Waals surface area contributed by atoms with E-state index < -0.39 is 0 Å². The molecule has 0 aliphatic heterocycles. The maximum Gasteiger partial charge on any atom is 0.119 e. The summed E-state index contributed by atoms with van der Waals surface area (Å²) < 4.78 is 5.38. The quantitative estimate of drug-likeness (QED) is 0.681. The molecule has 0 saturated heterocycles. The van der Waals surface area contributed by atoms with E-state index in [9.17, 15) is 0 Å². The van der Waals surface area contributed by atoms with Crippen LogP contribution >= 0.6 is 12.4 Å². The van der Waals surface area contributed by atoms with E-state index in [1.165, 1.54) is 48.8 Å². The van der Waals surface area contributed by atoms with Crippen LogP contribution in [-0.4, -0.2) is 32.1 Å². The predicted octanol–water partition coefficient (Wildman–Crippen LogP) is 5.10. The second-order valence-corrected chi connectivity index (χ2v) is 7.01. The maximum absolute atomic E-state index is 5.38. The van der Waals surface area contributed by atoms with Crippen molar-refractivity contribution >= 4 is 12.4 Å². The third kappa shape index (κ3) is 5.49. The molecule has 0 saturated carbocycles. The van der Waals surface area contributed by atoms with Gasteiger partial charge < -0.3 is 9.64 Å². The van der Waals surface area contributed by atoms with Crippen molar-refractivity contribution in [2.75, 3.05) is 27.2 Å². The molecule has 0 amide bonds. The molecule has 0 heterocycles. The van der Waals surface area contributed by atoms with E-state index in [4.69, 9.17) is 4.74 Å². The Kier molecular flexibility index (Phi) is 7.80. The van der Waals surface area contributed by atoms with E-state index in [0.29, 0.717) is 5.92 Å². The molecule has 0 aromatic heterocycles. The highest BCUT2D eigenvalue weighted by Gasteiger charge is 2.21. The maximum atomic E-state index is 5.38. The summed E-state index contributed by atoms with van der Waals surface area (Å²) in [6.45, 7) is 2.32. The molecule has 136 valence electrons. The zero-order valence-corrected chi connectivity index (χ0v) is 16.2. The van der Waals surface area contributed by atoms with Crippen LogP contribution in [0.4, 0.5) is 0 Å². The Labute approximate surface area is 158 Å². The van der Waals surface area contributed by atoms with Crippen LogP contribution in [0, 0.1) is 0 Å². The van der Waals surface area contributed by atoms with Crippen molar-refractivity contribution < 1.29 is 4.74 Å². The minimum atomic E-state index is 0. The molecule has 2 nitrogen and oxygen atoms in total. The average molecular weight is 360 g/mol. The zero-order chi connectivity index (χ0) is 16.8. The Balaban J connectivity index is 0.00000225. The Morgan fingerprint density at radius 3 is 2.68 bits per heavy atom. The van der Waals surface area contributed by atoms with Crippen LogP contribution in [0.2, 0.25) is 0 Å². The van der Waals surface area contributed by atoms with Crippen molar-refractivity contribution in [2.45, 2.75) is 38.0 Å². The summed E-state index contributed by atoms with van der Waals surface area (Å²) in [5.41, 5.74) is 4.47. The normalized spacial score (nSPS) is 16.2. The first-order valence-corrected chi connectivity index (χ1v) is 9.15. The largest absolute Gasteiger partial charge is 0.497 e. The summed E-state index contributed by atoms with van der Waals surface area (Å²) in [4.78, 5) is 2.51. The molecule has 1 aliphatic rings. The first-order valence-electron chi connectivity index (χ1n) is 9.15. The fourth-order valence-corrected chi connectivity index (χ4v) is 3.87. The number of hydrogen-bond donors (Lipinski definition) is 0. The number of fused-ring (bicyclic) bond motifs is 1. The molecule has 2 aromatic rings. The summed E-state index contributed by atoms with van der Waals surface area (Å²) in [7, 11) is 4.02. The van der Waals surface area contributed by atoms with Crippen LogP contribution < -0.4 is 4.74 Å². The smallest absolute Gasteiger partial charge is 0.119 e. The van der Waals surface area contributed by atoms with Gasteiger partial charge in [-0.15, -0.1) is 12.4 Å². The lowest BCUT2D eigenvalue weighted by molar-refractivity contribution is 0.294. The molecule has 1 unspecified atom stereocenters. The molecule has 0 fully saturated rings. The summed E-state index contributed by atoms with van der Waals surface area (Å²) in [5.74, 6) is 1.66. The van der Waals surface area contributed by atoms with Gasteiger partial charge in [0.25, 0.3) is 0 Å². The minimum absolute atomic E-state index is 0. The van der Waals surface area contributed by atoms with E-state index in [0.717, 1.165) is 18.8 Å². The van der Waals surface area contributed by atoms with Crippen LogP contribution in [0.5, 0.6) is 5.75 Å². The van der Waals surface area contributed by atoms with Gasteiger partial charge in [-0.05, 0) is 80.4 Å². The number of rotatable bonds is 7. The van der Waals surface area contributed by atoms with Crippen LogP contribution in [0.1, 0.15) is 41.9 Å². The van der Waals surface area contributed by atoms with Crippen molar-refractivity contribution in [3.63, 3.8) is 0 Å². The second kappa shape index (κ2) is 9.84. The Morgan fingerprint density at radius 2 is 1.92 bits per heavy atom. The van der Waals surface area contributed by atoms with Crippen LogP contribution in [0.25, 0.3) is 0 Å². The predicted molar refractivity (Wildman–Crippen MR) is 108 cm³/mol. The summed E-state index contributed by atoms with van der Waals surface area (Å²) >= 11 is 0. The fraction of sp³-hybridized carbons (Fsp3) is 0.455. The van der Waals surface area contributed by atoms with Crippen molar-refractivity contribution in [3.05, 3.63) is 65.2 Å². The van der Waals surface area contributed by atoms with Crippen molar-refractivity contribution in [1.29, 1.82) is 0 Å². The number of ether oxygens (including phenoxy) is 1. The summed E-state index contributed by atoms with van der Waals surface area (Å²) in [6, 6.07) is 17.4. The molecular weight excluding hydrogens is 330 g/mol. The second-order valence-electron chi connectivity index (χ2n) is 7.01. The molecule has 3 heteroatoms. The van der Waals surface area contributed by atoms with E-state index in [1.54, 1.807) is 7.11 Å². The number of hydrogen-bond acceptors (Lipinski definition) is 2. The lowest BCUT2D eigenvalue weighted by atomic mass is 9.82. The first kappa shape index (κ1) is 19.8. The minimum Gasteiger partial charge on any atom is -0.497 e. The first-order chi connectivity index (χ1) is 11.8. The van der Waals surface area contributed by atoms with E-state index in [1.807, 2.05) is 0 Å². The Morgan fingerprint density at radius 1 is 1.12 bits per heavy atom. The Hall–Kier alpha value is -1.51. The van der Waals surface area contributed by atoms with Crippen LogP contribution in [0.3, 0.4) is 0 Å². The number of methoxy groups -OCH3 is 1. The third-order valence-electron chi connectivity index (χ3n) is 5.17. The van der Waals surface area contributed by atoms with Gasteiger partial charge in [0.15, 0.2) is 0 Å². The summed E-state index contributed by atoms with van der Waals surface area (Å²) in [6.07, 6.45) is 6.19. The third-order valence-corrected chi connectivity index (χ3v) is 5.17. The SMILES string of the molecule is COc1ccc2c(c1)CCCC2CN(C)CCCc1ccccc1.Cl. The monoisotopic (exact) mass is 359 g/mol. The van der Waals surface area contributed by atoms with E-state index in [-0.39, 0.29) is 12.4 Å². The van der Waals surface area contributed by atoms with Gasteiger partial charge in [0.1, 0.15) is 5.75 Å². The molecular formula is C22H30ClNO. The molecule has 0 bridgehead atoms. The van der Waals surface area contributed by atoms with Gasteiger partial charge in [-0.3, -0.25) is 0 Å². The molecule has 25 heavy (non-hydrogen) atoms. The molecule has 0 N–H and O–H groups in total. The highest BCUT2D eigenvalue weighted by Crippen LogP contribution is 2.34. The van der Waals surface area contributed by atoms with Gasteiger partial charge in [0.05, 0.1) is 7.11 Å². The van der Waals surface area contributed by atoms with Crippen molar-refractivity contribution in [2.24, 2.45) is 0 Å². The molecule has 0 spiro atoms. The number of halogens is 1. The zero-order valence-electron chi connectivity index (χ0n) is 15.4.